The largest absolute Gasteiger partial charge is 0.331 e. The van der Waals surface area contributed by atoms with Crippen molar-refractivity contribution in [3.05, 3.63) is 35.9 Å². The van der Waals surface area contributed by atoms with Gasteiger partial charge < -0.3 is 10.2 Å². The number of rotatable bonds is 3. The van der Waals surface area contributed by atoms with Gasteiger partial charge in [0.05, 0.1) is 12.1 Å². The minimum atomic E-state index is -0.274. The van der Waals surface area contributed by atoms with Crippen LogP contribution in [-0.2, 0) is 4.79 Å². The smallest absolute Gasteiger partial charge is 0.240 e. The van der Waals surface area contributed by atoms with E-state index in [0.29, 0.717) is 12.0 Å². The Morgan fingerprint density at radius 1 is 1.00 bits per heavy atom. The summed E-state index contributed by atoms with van der Waals surface area (Å²) in [6, 6.07) is 9.55. The average Bonchev–Trinajstić information content (AvgIpc) is 3.28. The molecule has 0 unspecified atom stereocenters. The summed E-state index contributed by atoms with van der Waals surface area (Å²) < 4.78 is 0. The third-order valence-corrected chi connectivity index (χ3v) is 6.06. The standard InChI is InChI=1S/C20H26N2O2.ClH/c23-19(14-7-2-1-3-8-14)18-11-6-12-22(18)20(24)17-13-15-9-4-5-10-16(15)21-17;/h1-3,7-8,15-18,21H,4-6,9-13H2;1H/t15-,16-,17-,18-;/m0./s1. The summed E-state index contributed by atoms with van der Waals surface area (Å²) in [7, 11) is 0. The molecule has 5 heteroatoms. The third-order valence-electron chi connectivity index (χ3n) is 6.06. The summed E-state index contributed by atoms with van der Waals surface area (Å²) >= 11 is 0. The highest BCUT2D eigenvalue weighted by atomic mass is 35.5. The molecule has 0 radical (unpaired) electrons. The molecule has 1 N–H and O–H groups in total. The molecule has 1 aliphatic carbocycles. The molecule has 1 amide bonds. The van der Waals surface area contributed by atoms with Gasteiger partial charge in [0.2, 0.25) is 5.91 Å². The van der Waals surface area contributed by atoms with E-state index < -0.39 is 0 Å². The zero-order chi connectivity index (χ0) is 16.5. The van der Waals surface area contributed by atoms with Crippen LogP contribution in [-0.4, -0.2) is 41.3 Å². The van der Waals surface area contributed by atoms with Gasteiger partial charge in [-0.05, 0) is 38.0 Å². The summed E-state index contributed by atoms with van der Waals surface area (Å²) in [5.41, 5.74) is 0.718. The van der Waals surface area contributed by atoms with Gasteiger partial charge in [0, 0.05) is 18.2 Å². The van der Waals surface area contributed by atoms with Gasteiger partial charge in [-0.15, -0.1) is 12.4 Å². The minimum Gasteiger partial charge on any atom is -0.331 e. The van der Waals surface area contributed by atoms with Gasteiger partial charge >= 0.3 is 0 Å². The van der Waals surface area contributed by atoms with Crippen molar-refractivity contribution in [1.29, 1.82) is 0 Å². The molecule has 1 saturated carbocycles. The van der Waals surface area contributed by atoms with Crippen LogP contribution >= 0.6 is 12.4 Å². The maximum atomic E-state index is 13.0. The summed E-state index contributed by atoms with van der Waals surface area (Å²) in [6.07, 6.45) is 7.67. The highest BCUT2D eigenvalue weighted by Gasteiger charge is 2.43. The van der Waals surface area contributed by atoms with Crippen molar-refractivity contribution in [2.75, 3.05) is 6.54 Å². The van der Waals surface area contributed by atoms with Crippen molar-refractivity contribution < 1.29 is 9.59 Å². The molecule has 136 valence electrons. The highest BCUT2D eigenvalue weighted by molar-refractivity contribution is 6.02. The topological polar surface area (TPSA) is 49.4 Å². The predicted octanol–water partition coefficient (Wildman–Crippen LogP) is 3.20. The Morgan fingerprint density at radius 3 is 2.52 bits per heavy atom. The third kappa shape index (κ3) is 3.61. The molecule has 2 aliphatic heterocycles. The van der Waals surface area contributed by atoms with Crippen molar-refractivity contribution in [2.45, 2.75) is 63.1 Å². The number of nitrogens with zero attached hydrogens (tertiary/aromatic N) is 1. The van der Waals surface area contributed by atoms with Crippen LogP contribution in [0.2, 0.25) is 0 Å². The van der Waals surface area contributed by atoms with Crippen LogP contribution in [0.15, 0.2) is 30.3 Å². The fourth-order valence-corrected chi connectivity index (χ4v) is 4.81. The lowest BCUT2D eigenvalue weighted by Crippen LogP contribution is -2.49. The first-order chi connectivity index (χ1) is 11.7. The molecule has 4 nitrogen and oxygen atoms in total. The quantitative estimate of drug-likeness (QED) is 0.840. The zero-order valence-electron chi connectivity index (χ0n) is 14.5. The number of carbonyl (C=O) groups is 2. The number of ketones is 1. The normalized spacial score (nSPS) is 31.3. The first kappa shape index (κ1) is 18.4. The van der Waals surface area contributed by atoms with Crippen LogP contribution in [0, 0.1) is 5.92 Å². The fourth-order valence-electron chi connectivity index (χ4n) is 4.81. The molecule has 3 aliphatic rings. The number of amides is 1. The van der Waals surface area contributed by atoms with E-state index >= 15 is 0 Å². The summed E-state index contributed by atoms with van der Waals surface area (Å²) in [4.78, 5) is 27.7. The van der Waals surface area contributed by atoms with Crippen molar-refractivity contribution in [3.63, 3.8) is 0 Å². The number of Topliss-reactive ketones (excluding diaryl/α,β-unsaturated/α-hetero) is 1. The van der Waals surface area contributed by atoms with E-state index in [2.05, 4.69) is 5.32 Å². The Hall–Kier alpha value is -1.39. The Morgan fingerprint density at radius 2 is 1.76 bits per heavy atom. The van der Waals surface area contributed by atoms with E-state index in [1.807, 2.05) is 35.2 Å². The van der Waals surface area contributed by atoms with Crippen LogP contribution in [0.4, 0.5) is 0 Å². The number of carbonyl (C=O) groups excluding carboxylic acids is 2. The van der Waals surface area contributed by atoms with Crippen LogP contribution in [0.1, 0.15) is 55.3 Å². The van der Waals surface area contributed by atoms with Crippen LogP contribution in [0.3, 0.4) is 0 Å². The second kappa shape index (κ2) is 7.88. The summed E-state index contributed by atoms with van der Waals surface area (Å²) in [6.45, 7) is 0.718. The van der Waals surface area contributed by atoms with Crippen molar-refractivity contribution in [2.24, 2.45) is 5.92 Å². The van der Waals surface area contributed by atoms with Gasteiger partial charge in [-0.1, -0.05) is 43.2 Å². The molecule has 4 rings (SSSR count). The van der Waals surface area contributed by atoms with Crippen LogP contribution in [0.25, 0.3) is 0 Å². The molecule has 0 bridgehead atoms. The monoisotopic (exact) mass is 362 g/mol. The fraction of sp³-hybridized carbons (Fsp3) is 0.600. The maximum absolute atomic E-state index is 13.0. The lowest BCUT2D eigenvalue weighted by molar-refractivity contribution is -0.133. The number of hydrogen-bond acceptors (Lipinski definition) is 3. The Kier molecular flexibility index (Phi) is 5.80. The van der Waals surface area contributed by atoms with Crippen molar-refractivity contribution in [1.82, 2.24) is 10.2 Å². The van der Waals surface area contributed by atoms with E-state index in [4.69, 9.17) is 0 Å². The Labute approximate surface area is 155 Å². The van der Waals surface area contributed by atoms with Crippen LogP contribution < -0.4 is 5.32 Å². The molecule has 2 saturated heterocycles. The highest BCUT2D eigenvalue weighted by Crippen LogP contribution is 2.34. The molecule has 3 fully saturated rings. The molecule has 4 atom stereocenters. The predicted molar refractivity (Wildman–Crippen MR) is 100 cm³/mol. The second-order valence-corrected chi connectivity index (χ2v) is 7.53. The minimum absolute atomic E-state index is 0. The lowest BCUT2D eigenvalue weighted by atomic mass is 9.85. The molecule has 1 aromatic rings. The van der Waals surface area contributed by atoms with Gasteiger partial charge in [0.15, 0.2) is 5.78 Å². The summed E-state index contributed by atoms with van der Waals surface area (Å²) in [5.74, 6) is 0.895. The van der Waals surface area contributed by atoms with Gasteiger partial charge in [-0.25, -0.2) is 0 Å². The lowest BCUT2D eigenvalue weighted by Gasteiger charge is -2.27. The molecular weight excluding hydrogens is 336 g/mol. The molecule has 0 aromatic heterocycles. The number of nitrogens with one attached hydrogen (secondary N) is 1. The van der Waals surface area contributed by atoms with Gasteiger partial charge in [0.25, 0.3) is 0 Å². The first-order valence-electron chi connectivity index (χ1n) is 9.40. The molecular formula is C20H27ClN2O2. The van der Waals surface area contributed by atoms with Gasteiger partial charge in [-0.2, -0.15) is 0 Å². The van der Waals surface area contributed by atoms with Crippen LogP contribution in [0.5, 0.6) is 0 Å². The van der Waals surface area contributed by atoms with Gasteiger partial charge in [0.1, 0.15) is 0 Å². The molecule has 1 aromatic carbocycles. The van der Waals surface area contributed by atoms with Crippen molar-refractivity contribution >= 4 is 24.1 Å². The molecule has 2 heterocycles. The van der Waals surface area contributed by atoms with E-state index in [1.165, 1.54) is 25.7 Å². The number of fused-ring (bicyclic) bond motifs is 1. The molecule has 0 spiro atoms. The summed E-state index contributed by atoms with van der Waals surface area (Å²) in [5, 5.41) is 3.57. The Bertz CT molecular complexity index is 607. The zero-order valence-corrected chi connectivity index (χ0v) is 15.3. The van der Waals surface area contributed by atoms with E-state index in [9.17, 15) is 9.59 Å². The van der Waals surface area contributed by atoms with E-state index in [0.717, 1.165) is 31.4 Å². The SMILES string of the molecule is Cl.O=C(c1ccccc1)[C@@H]1CCCN1C(=O)[C@@H]1C[C@@H]2CCCC[C@@H]2N1. The second-order valence-electron chi connectivity index (χ2n) is 7.53. The number of hydrogen-bond donors (Lipinski definition) is 1. The number of halogens is 1. The maximum Gasteiger partial charge on any atom is 0.240 e. The average molecular weight is 363 g/mol. The number of likely N-dealkylation sites (tertiary alicyclic amines) is 1. The number of benzene rings is 1. The van der Waals surface area contributed by atoms with E-state index in [-0.39, 0.29) is 36.2 Å². The van der Waals surface area contributed by atoms with Crippen molar-refractivity contribution in [3.8, 4) is 0 Å². The van der Waals surface area contributed by atoms with Gasteiger partial charge in [-0.3, -0.25) is 9.59 Å². The molecule has 25 heavy (non-hydrogen) atoms. The van der Waals surface area contributed by atoms with E-state index in [1.54, 1.807) is 0 Å². The first-order valence-corrected chi connectivity index (χ1v) is 9.40. The Balaban J connectivity index is 0.00000182.